The minimum Gasteiger partial charge on any atom is -0.507 e. The average Bonchev–Trinajstić information content (AvgIpc) is 2.36. The third kappa shape index (κ3) is 4.79. The predicted molar refractivity (Wildman–Crippen MR) is 73.3 cm³/mol. The molecule has 0 saturated carbocycles. The van der Waals surface area contributed by atoms with Gasteiger partial charge in [-0.1, -0.05) is 25.4 Å². The molecule has 104 valence electrons. The summed E-state index contributed by atoms with van der Waals surface area (Å²) in [5.41, 5.74) is 0.114. The molecule has 0 spiro atoms. The van der Waals surface area contributed by atoms with E-state index in [1.807, 2.05) is 0 Å². The van der Waals surface area contributed by atoms with Crippen LogP contribution >= 0.6 is 11.6 Å². The number of halogens is 1. The third-order valence-electron chi connectivity index (χ3n) is 2.44. The first-order chi connectivity index (χ1) is 8.91. The van der Waals surface area contributed by atoms with Crippen molar-refractivity contribution in [3.05, 3.63) is 28.8 Å². The van der Waals surface area contributed by atoms with Gasteiger partial charge in [-0.3, -0.25) is 9.59 Å². The summed E-state index contributed by atoms with van der Waals surface area (Å²) in [6, 6.07) is 4.24. The monoisotopic (exact) mass is 284 g/mol. The summed E-state index contributed by atoms with van der Waals surface area (Å²) in [5, 5.41) is 15.2. The zero-order chi connectivity index (χ0) is 14.4. The highest BCUT2D eigenvalue weighted by atomic mass is 35.5. The lowest BCUT2D eigenvalue weighted by Gasteiger charge is -2.09. The summed E-state index contributed by atoms with van der Waals surface area (Å²) in [5.74, 6) is -0.723. The number of phenolic OH excluding ortho intramolecular Hbond substituents is 1. The van der Waals surface area contributed by atoms with Crippen molar-refractivity contribution >= 4 is 23.4 Å². The molecule has 5 nitrogen and oxygen atoms in total. The van der Waals surface area contributed by atoms with E-state index in [-0.39, 0.29) is 29.7 Å². The lowest BCUT2D eigenvalue weighted by molar-refractivity contribution is -0.123. The molecule has 0 saturated heterocycles. The van der Waals surface area contributed by atoms with Gasteiger partial charge in [-0.2, -0.15) is 0 Å². The maximum atomic E-state index is 11.8. The van der Waals surface area contributed by atoms with Crippen molar-refractivity contribution in [2.75, 3.05) is 13.1 Å². The number of rotatable bonds is 5. The van der Waals surface area contributed by atoms with E-state index in [1.54, 1.807) is 13.8 Å². The van der Waals surface area contributed by atoms with Crippen LogP contribution in [0.4, 0.5) is 0 Å². The first-order valence-electron chi connectivity index (χ1n) is 5.96. The molecule has 3 N–H and O–H groups in total. The van der Waals surface area contributed by atoms with Crippen LogP contribution in [0.15, 0.2) is 18.2 Å². The Morgan fingerprint density at radius 1 is 1.26 bits per heavy atom. The quantitative estimate of drug-likeness (QED) is 0.718. The van der Waals surface area contributed by atoms with Crippen LogP contribution in [-0.2, 0) is 4.79 Å². The Morgan fingerprint density at radius 2 is 1.89 bits per heavy atom. The van der Waals surface area contributed by atoms with Crippen LogP contribution in [0.1, 0.15) is 24.2 Å². The van der Waals surface area contributed by atoms with Gasteiger partial charge in [-0.05, 0) is 18.2 Å². The van der Waals surface area contributed by atoms with Gasteiger partial charge in [0.2, 0.25) is 5.91 Å². The third-order valence-corrected chi connectivity index (χ3v) is 2.67. The van der Waals surface area contributed by atoms with E-state index in [0.29, 0.717) is 11.6 Å². The van der Waals surface area contributed by atoms with Gasteiger partial charge < -0.3 is 15.7 Å². The molecule has 0 unspecified atom stereocenters. The Bertz CT molecular complexity index is 475. The maximum Gasteiger partial charge on any atom is 0.255 e. The fourth-order valence-electron chi connectivity index (χ4n) is 1.35. The fraction of sp³-hybridized carbons (Fsp3) is 0.385. The smallest absolute Gasteiger partial charge is 0.255 e. The van der Waals surface area contributed by atoms with Crippen LogP contribution in [-0.4, -0.2) is 30.0 Å². The van der Waals surface area contributed by atoms with Gasteiger partial charge in [-0.15, -0.1) is 0 Å². The number of phenols is 1. The zero-order valence-corrected chi connectivity index (χ0v) is 11.6. The van der Waals surface area contributed by atoms with Crippen LogP contribution in [0.3, 0.4) is 0 Å². The number of amides is 2. The average molecular weight is 285 g/mol. The molecule has 0 bridgehead atoms. The fourth-order valence-corrected chi connectivity index (χ4v) is 1.52. The van der Waals surface area contributed by atoms with E-state index < -0.39 is 5.91 Å². The van der Waals surface area contributed by atoms with Crippen LogP contribution < -0.4 is 10.6 Å². The maximum absolute atomic E-state index is 11.8. The zero-order valence-electron chi connectivity index (χ0n) is 10.9. The second-order valence-electron chi connectivity index (χ2n) is 4.36. The van der Waals surface area contributed by atoms with E-state index in [4.69, 9.17) is 11.6 Å². The van der Waals surface area contributed by atoms with E-state index in [1.165, 1.54) is 18.2 Å². The Hall–Kier alpha value is -1.75. The lowest BCUT2D eigenvalue weighted by Crippen LogP contribution is -2.36. The van der Waals surface area contributed by atoms with Crippen molar-refractivity contribution in [2.45, 2.75) is 13.8 Å². The summed E-state index contributed by atoms with van der Waals surface area (Å²) >= 11 is 5.75. The summed E-state index contributed by atoms with van der Waals surface area (Å²) in [6.45, 7) is 4.20. The molecule has 2 amide bonds. The Morgan fingerprint density at radius 3 is 2.53 bits per heavy atom. The number of carbonyl (C=O) groups is 2. The molecule has 19 heavy (non-hydrogen) atoms. The van der Waals surface area contributed by atoms with E-state index in [0.717, 1.165) is 0 Å². The van der Waals surface area contributed by atoms with Gasteiger partial charge in [-0.25, -0.2) is 0 Å². The van der Waals surface area contributed by atoms with E-state index in [2.05, 4.69) is 10.6 Å². The molecular formula is C13H17ClN2O3. The minimum absolute atomic E-state index is 0.0696. The first-order valence-corrected chi connectivity index (χ1v) is 6.34. The Labute approximate surface area is 117 Å². The molecule has 0 aliphatic carbocycles. The summed E-state index contributed by atoms with van der Waals surface area (Å²) in [7, 11) is 0. The van der Waals surface area contributed by atoms with Gasteiger partial charge >= 0.3 is 0 Å². The SMILES string of the molecule is CC(C)C(=O)NCCNC(=O)c1cc(Cl)ccc1O. The highest BCUT2D eigenvalue weighted by Gasteiger charge is 2.11. The summed E-state index contributed by atoms with van der Waals surface area (Å²) < 4.78 is 0. The van der Waals surface area contributed by atoms with E-state index >= 15 is 0 Å². The van der Waals surface area contributed by atoms with Crippen molar-refractivity contribution < 1.29 is 14.7 Å². The second-order valence-corrected chi connectivity index (χ2v) is 4.80. The van der Waals surface area contributed by atoms with Gasteiger partial charge in [0.25, 0.3) is 5.91 Å². The standard InChI is InChI=1S/C13H17ClN2O3/c1-8(2)12(18)15-5-6-16-13(19)10-7-9(14)3-4-11(10)17/h3-4,7-8,17H,5-6H2,1-2H3,(H,15,18)(H,16,19). The van der Waals surface area contributed by atoms with Gasteiger partial charge in [0.1, 0.15) is 5.75 Å². The number of carbonyl (C=O) groups excluding carboxylic acids is 2. The number of benzene rings is 1. The van der Waals surface area contributed by atoms with Crippen molar-refractivity contribution in [3.63, 3.8) is 0 Å². The Kier molecular flexibility index (Phi) is 5.63. The molecule has 0 radical (unpaired) electrons. The summed E-state index contributed by atoms with van der Waals surface area (Å²) in [6.07, 6.45) is 0. The Balaban J connectivity index is 2.44. The molecule has 0 heterocycles. The van der Waals surface area contributed by atoms with Crippen LogP contribution in [0.2, 0.25) is 5.02 Å². The van der Waals surface area contributed by atoms with Gasteiger partial charge in [0.15, 0.2) is 0 Å². The number of nitrogens with one attached hydrogen (secondary N) is 2. The van der Waals surface area contributed by atoms with Crippen molar-refractivity contribution in [1.82, 2.24) is 10.6 Å². The molecule has 0 aliphatic rings. The summed E-state index contributed by atoms with van der Waals surface area (Å²) in [4.78, 5) is 23.0. The van der Waals surface area contributed by atoms with Crippen molar-refractivity contribution in [3.8, 4) is 5.75 Å². The van der Waals surface area contributed by atoms with Crippen LogP contribution in [0, 0.1) is 5.92 Å². The first kappa shape index (κ1) is 15.3. The molecule has 1 rings (SSSR count). The van der Waals surface area contributed by atoms with Crippen molar-refractivity contribution in [1.29, 1.82) is 0 Å². The predicted octanol–water partition coefficient (Wildman–Crippen LogP) is 1.55. The molecule has 1 aromatic carbocycles. The van der Waals surface area contributed by atoms with Crippen LogP contribution in [0.5, 0.6) is 5.75 Å². The highest BCUT2D eigenvalue weighted by Crippen LogP contribution is 2.20. The topological polar surface area (TPSA) is 78.4 Å². The number of aromatic hydroxyl groups is 1. The molecule has 0 aromatic heterocycles. The molecule has 0 fully saturated rings. The molecule has 6 heteroatoms. The van der Waals surface area contributed by atoms with Crippen LogP contribution in [0.25, 0.3) is 0 Å². The molecular weight excluding hydrogens is 268 g/mol. The number of hydrogen-bond acceptors (Lipinski definition) is 3. The molecule has 0 atom stereocenters. The van der Waals surface area contributed by atoms with E-state index in [9.17, 15) is 14.7 Å². The highest BCUT2D eigenvalue weighted by molar-refractivity contribution is 6.31. The van der Waals surface area contributed by atoms with Gasteiger partial charge in [0, 0.05) is 24.0 Å². The van der Waals surface area contributed by atoms with Gasteiger partial charge in [0.05, 0.1) is 5.56 Å². The second kappa shape index (κ2) is 6.99. The minimum atomic E-state index is -0.432. The van der Waals surface area contributed by atoms with Crippen molar-refractivity contribution in [2.24, 2.45) is 5.92 Å². The molecule has 1 aromatic rings. The lowest BCUT2D eigenvalue weighted by atomic mass is 10.2. The normalized spacial score (nSPS) is 10.3. The number of hydrogen-bond donors (Lipinski definition) is 3. The largest absolute Gasteiger partial charge is 0.507 e. The molecule has 0 aliphatic heterocycles.